The third kappa shape index (κ3) is 2.38. The van der Waals surface area contributed by atoms with Crippen molar-refractivity contribution >= 4 is 12.2 Å². The van der Waals surface area contributed by atoms with E-state index in [1.165, 1.54) is 36.4 Å². The molecule has 0 radical (unpaired) electrons. The molecule has 0 saturated carbocycles. The van der Waals surface area contributed by atoms with Crippen LogP contribution < -0.4 is 0 Å². The van der Waals surface area contributed by atoms with E-state index >= 15 is 0 Å². The van der Waals surface area contributed by atoms with E-state index in [9.17, 15) is 20.4 Å². The van der Waals surface area contributed by atoms with Gasteiger partial charge in [-0.25, -0.2) is 0 Å². The first-order valence-electron chi connectivity index (χ1n) is 5.29. The summed E-state index contributed by atoms with van der Waals surface area (Å²) in [7, 11) is 0. The number of phenolic OH excluding ortho intramolecular Hbond substituents is 4. The largest absolute Gasteiger partial charge is 0.508 e. The highest BCUT2D eigenvalue weighted by molar-refractivity contribution is 5.76. The third-order valence-corrected chi connectivity index (χ3v) is 2.50. The number of benzene rings is 2. The van der Waals surface area contributed by atoms with Crippen LogP contribution in [0.25, 0.3) is 12.2 Å². The third-order valence-electron chi connectivity index (χ3n) is 2.50. The molecule has 0 unspecified atom stereocenters. The lowest BCUT2D eigenvalue weighted by molar-refractivity contribution is 0.403. The molecule has 0 heterocycles. The van der Waals surface area contributed by atoms with Crippen LogP contribution in [0.1, 0.15) is 11.1 Å². The van der Waals surface area contributed by atoms with Crippen LogP contribution in [0.4, 0.5) is 0 Å². The minimum atomic E-state index is -0.228. The lowest BCUT2D eigenvalue weighted by Gasteiger charge is -2.02. The fourth-order valence-electron chi connectivity index (χ4n) is 1.54. The van der Waals surface area contributed by atoms with Crippen molar-refractivity contribution in [3.05, 3.63) is 47.5 Å². The van der Waals surface area contributed by atoms with Gasteiger partial charge < -0.3 is 20.4 Å². The molecule has 0 bridgehead atoms. The van der Waals surface area contributed by atoms with E-state index in [1.807, 2.05) is 0 Å². The van der Waals surface area contributed by atoms with Gasteiger partial charge in [-0.15, -0.1) is 0 Å². The van der Waals surface area contributed by atoms with E-state index in [-0.39, 0.29) is 23.0 Å². The van der Waals surface area contributed by atoms with Crippen LogP contribution in [-0.4, -0.2) is 20.4 Å². The molecule has 0 atom stereocenters. The number of aromatic hydroxyl groups is 4. The number of hydrogen-bond donors (Lipinski definition) is 4. The Morgan fingerprint density at radius 3 is 2.22 bits per heavy atom. The lowest BCUT2D eigenvalue weighted by Crippen LogP contribution is -1.77. The first kappa shape index (κ1) is 11.9. The molecule has 92 valence electrons. The predicted octanol–water partition coefficient (Wildman–Crippen LogP) is 2.68. The van der Waals surface area contributed by atoms with E-state index in [4.69, 9.17) is 0 Å². The van der Waals surface area contributed by atoms with Gasteiger partial charge >= 0.3 is 0 Å². The normalized spacial score (nSPS) is 10.9. The minimum Gasteiger partial charge on any atom is -0.508 e. The summed E-state index contributed by atoms with van der Waals surface area (Å²) in [6.07, 6.45) is 3.06. The Morgan fingerprint density at radius 1 is 0.722 bits per heavy atom. The van der Waals surface area contributed by atoms with Crippen LogP contribution in [-0.2, 0) is 0 Å². The highest BCUT2D eigenvalue weighted by Crippen LogP contribution is 2.30. The molecular weight excluding hydrogens is 232 g/mol. The van der Waals surface area contributed by atoms with Crippen molar-refractivity contribution < 1.29 is 20.4 Å². The van der Waals surface area contributed by atoms with Gasteiger partial charge in [-0.05, 0) is 24.3 Å². The molecule has 0 aliphatic rings. The van der Waals surface area contributed by atoms with E-state index in [0.29, 0.717) is 11.1 Å². The van der Waals surface area contributed by atoms with Crippen LogP contribution >= 0.6 is 0 Å². The Kier molecular flexibility index (Phi) is 3.10. The minimum absolute atomic E-state index is 0.0173. The maximum atomic E-state index is 9.59. The number of hydrogen-bond acceptors (Lipinski definition) is 4. The molecule has 0 aromatic heterocycles. The van der Waals surface area contributed by atoms with E-state index in [2.05, 4.69) is 0 Å². The zero-order valence-corrected chi connectivity index (χ0v) is 9.41. The van der Waals surface area contributed by atoms with Gasteiger partial charge in [0.05, 0.1) is 0 Å². The summed E-state index contributed by atoms with van der Waals surface area (Å²) in [5, 5.41) is 37.8. The summed E-state index contributed by atoms with van der Waals surface area (Å²) >= 11 is 0. The number of phenols is 4. The summed E-state index contributed by atoms with van der Waals surface area (Å²) in [5.74, 6) is -0.387. The number of para-hydroxylation sites is 1. The molecule has 0 aliphatic heterocycles. The summed E-state index contributed by atoms with van der Waals surface area (Å²) in [4.78, 5) is 0. The van der Waals surface area contributed by atoms with Crippen molar-refractivity contribution in [1.82, 2.24) is 0 Å². The Hall–Kier alpha value is -2.62. The smallest absolute Gasteiger partial charge is 0.164 e. The van der Waals surface area contributed by atoms with Crippen LogP contribution in [0.15, 0.2) is 36.4 Å². The van der Waals surface area contributed by atoms with Crippen LogP contribution in [0.2, 0.25) is 0 Å². The molecular formula is C14H12O4. The van der Waals surface area contributed by atoms with Crippen molar-refractivity contribution in [2.24, 2.45) is 0 Å². The molecule has 4 N–H and O–H groups in total. The summed E-state index contributed by atoms with van der Waals surface area (Å²) < 4.78 is 0. The fraction of sp³-hybridized carbons (Fsp3) is 0. The van der Waals surface area contributed by atoms with Crippen LogP contribution in [0.5, 0.6) is 23.0 Å². The second-order valence-corrected chi connectivity index (χ2v) is 3.79. The van der Waals surface area contributed by atoms with Gasteiger partial charge in [0.15, 0.2) is 11.5 Å². The average Bonchev–Trinajstić information content (AvgIpc) is 2.35. The van der Waals surface area contributed by atoms with Gasteiger partial charge in [-0.3, -0.25) is 0 Å². The molecule has 18 heavy (non-hydrogen) atoms. The van der Waals surface area contributed by atoms with Crippen molar-refractivity contribution in [2.45, 2.75) is 0 Å². The van der Waals surface area contributed by atoms with Crippen molar-refractivity contribution in [3.63, 3.8) is 0 Å². The Labute approximate surface area is 104 Å². The second-order valence-electron chi connectivity index (χ2n) is 3.79. The monoisotopic (exact) mass is 244 g/mol. The van der Waals surface area contributed by atoms with E-state index in [1.54, 1.807) is 12.1 Å². The first-order chi connectivity index (χ1) is 8.58. The Balaban J connectivity index is 2.36. The molecule has 0 spiro atoms. The van der Waals surface area contributed by atoms with Crippen LogP contribution in [0, 0.1) is 0 Å². The molecule has 2 aromatic carbocycles. The summed E-state index contributed by atoms with van der Waals surface area (Å²) in [6.45, 7) is 0. The molecule has 0 amide bonds. The standard InChI is InChI=1S/C14H12O4/c15-11-6-7-12(16)10(8-11)5-4-9-2-1-3-13(17)14(9)18/h1-8,15-18H/b5-4+. The van der Waals surface area contributed by atoms with E-state index in [0.717, 1.165) is 0 Å². The SMILES string of the molecule is Oc1ccc(O)c(/C=C/c2cccc(O)c2O)c1. The predicted molar refractivity (Wildman–Crippen MR) is 68.5 cm³/mol. The van der Waals surface area contributed by atoms with Crippen molar-refractivity contribution in [2.75, 3.05) is 0 Å². The highest BCUT2D eigenvalue weighted by Gasteiger charge is 2.03. The van der Waals surface area contributed by atoms with Crippen LogP contribution in [0.3, 0.4) is 0 Å². The molecule has 2 aromatic rings. The molecule has 0 saturated heterocycles. The summed E-state index contributed by atoms with van der Waals surface area (Å²) in [6, 6.07) is 8.72. The van der Waals surface area contributed by atoms with Gasteiger partial charge in [-0.1, -0.05) is 24.3 Å². The molecule has 0 fully saturated rings. The number of rotatable bonds is 2. The fourth-order valence-corrected chi connectivity index (χ4v) is 1.54. The summed E-state index contributed by atoms with van der Waals surface area (Å²) in [5.41, 5.74) is 0.829. The molecule has 4 nitrogen and oxygen atoms in total. The first-order valence-corrected chi connectivity index (χ1v) is 5.29. The zero-order valence-electron chi connectivity index (χ0n) is 9.41. The van der Waals surface area contributed by atoms with Gasteiger partial charge in [0.1, 0.15) is 11.5 Å². The Morgan fingerprint density at radius 2 is 1.44 bits per heavy atom. The van der Waals surface area contributed by atoms with Gasteiger partial charge in [0, 0.05) is 11.1 Å². The topological polar surface area (TPSA) is 80.9 Å². The Bertz CT molecular complexity index is 599. The lowest BCUT2D eigenvalue weighted by atomic mass is 10.1. The quantitative estimate of drug-likeness (QED) is 0.372. The van der Waals surface area contributed by atoms with E-state index < -0.39 is 0 Å². The average molecular weight is 244 g/mol. The maximum Gasteiger partial charge on any atom is 0.164 e. The highest BCUT2D eigenvalue weighted by atomic mass is 16.3. The molecule has 2 rings (SSSR count). The zero-order chi connectivity index (χ0) is 13.1. The van der Waals surface area contributed by atoms with Gasteiger partial charge in [0.2, 0.25) is 0 Å². The maximum absolute atomic E-state index is 9.59. The van der Waals surface area contributed by atoms with Gasteiger partial charge in [-0.2, -0.15) is 0 Å². The van der Waals surface area contributed by atoms with Crippen molar-refractivity contribution in [1.29, 1.82) is 0 Å². The second kappa shape index (κ2) is 4.71. The van der Waals surface area contributed by atoms with Crippen molar-refractivity contribution in [3.8, 4) is 23.0 Å². The molecule has 0 aliphatic carbocycles. The molecule has 4 heteroatoms. The van der Waals surface area contributed by atoms with Gasteiger partial charge in [0.25, 0.3) is 0 Å².